The zero-order chi connectivity index (χ0) is 22.5. The molecule has 4 atom stereocenters. The Hall–Kier alpha value is -0.780. The lowest BCUT2D eigenvalue weighted by Crippen LogP contribution is -2.38. The molecule has 2 fully saturated rings. The summed E-state index contributed by atoms with van der Waals surface area (Å²) < 4.78 is 0. The summed E-state index contributed by atoms with van der Waals surface area (Å²) in [7, 11) is 0. The lowest BCUT2D eigenvalue weighted by Gasteiger charge is -2.49. The standard InChI is InChI=1S/C32H52/c1-5-7-9-27-19-21-29(25-15-11-23(3)12-16-25)32-30(26-17-13-24(4)14-18-26)22-20-28(31(27)32)10-8-6-2/h7-10,23-30H,5-6,11-22H2,1-4H3/b9-7+,10-8+. The zero-order valence-corrected chi connectivity index (χ0v) is 21.8. The molecule has 4 aliphatic rings. The van der Waals surface area contributed by atoms with E-state index in [1.807, 2.05) is 11.1 Å². The molecule has 0 aromatic rings. The molecule has 0 bridgehead atoms. The molecule has 0 amide bonds. The lowest BCUT2D eigenvalue weighted by atomic mass is 9.56. The molecular weight excluding hydrogens is 384 g/mol. The summed E-state index contributed by atoms with van der Waals surface area (Å²) in [6.07, 6.45) is 30.3. The van der Waals surface area contributed by atoms with E-state index in [2.05, 4.69) is 52.0 Å². The van der Waals surface area contributed by atoms with Gasteiger partial charge in [-0.3, -0.25) is 0 Å². The van der Waals surface area contributed by atoms with Gasteiger partial charge in [-0.25, -0.2) is 0 Å². The van der Waals surface area contributed by atoms with E-state index in [9.17, 15) is 0 Å². The Morgan fingerprint density at radius 2 is 0.938 bits per heavy atom. The maximum Gasteiger partial charge on any atom is -0.00143 e. The first-order chi connectivity index (χ1) is 15.6. The molecule has 0 heteroatoms. The van der Waals surface area contributed by atoms with E-state index >= 15 is 0 Å². The molecule has 0 N–H and O–H groups in total. The van der Waals surface area contributed by atoms with Gasteiger partial charge in [-0.2, -0.15) is 0 Å². The van der Waals surface area contributed by atoms with E-state index in [4.69, 9.17) is 0 Å². The van der Waals surface area contributed by atoms with Gasteiger partial charge in [0.25, 0.3) is 0 Å². The highest BCUT2D eigenvalue weighted by atomic mass is 14.5. The van der Waals surface area contributed by atoms with Crippen LogP contribution in [0.25, 0.3) is 0 Å². The molecule has 4 aliphatic carbocycles. The molecule has 180 valence electrons. The fourth-order valence-electron chi connectivity index (χ4n) is 8.10. The number of allylic oxidation sites excluding steroid dienone is 6. The van der Waals surface area contributed by atoms with Gasteiger partial charge < -0.3 is 0 Å². The summed E-state index contributed by atoms with van der Waals surface area (Å²) in [5.41, 5.74) is 3.97. The van der Waals surface area contributed by atoms with Crippen LogP contribution in [0.5, 0.6) is 0 Å². The van der Waals surface area contributed by atoms with Crippen LogP contribution in [0, 0.1) is 47.3 Å². The van der Waals surface area contributed by atoms with E-state index < -0.39 is 0 Å². The van der Waals surface area contributed by atoms with Crippen molar-refractivity contribution in [2.24, 2.45) is 47.3 Å². The van der Waals surface area contributed by atoms with Gasteiger partial charge in [0.15, 0.2) is 0 Å². The number of rotatable bonds is 6. The summed E-state index contributed by atoms with van der Waals surface area (Å²) in [6, 6.07) is 0. The first kappa shape index (κ1) is 24.3. The zero-order valence-electron chi connectivity index (χ0n) is 21.8. The molecule has 4 unspecified atom stereocenters. The topological polar surface area (TPSA) is 0 Å². The van der Waals surface area contributed by atoms with Gasteiger partial charge in [0.1, 0.15) is 0 Å². The van der Waals surface area contributed by atoms with Crippen LogP contribution in [-0.2, 0) is 0 Å². The van der Waals surface area contributed by atoms with Crippen molar-refractivity contribution >= 4 is 0 Å². The molecule has 32 heavy (non-hydrogen) atoms. The van der Waals surface area contributed by atoms with Gasteiger partial charge in [0.05, 0.1) is 0 Å². The van der Waals surface area contributed by atoms with Gasteiger partial charge in [0, 0.05) is 0 Å². The third kappa shape index (κ3) is 5.47. The second-order valence-corrected chi connectivity index (χ2v) is 12.2. The SMILES string of the molecule is CC/C=C/C1CCC(C2CCC(C)CC2)C2=C1C(/C=C/CC)CCC2C1CCC(C)CC1. The molecule has 0 nitrogen and oxygen atoms in total. The smallest absolute Gasteiger partial charge is 0.00143 e. The monoisotopic (exact) mass is 436 g/mol. The largest absolute Gasteiger partial charge is 0.0882 e. The highest BCUT2D eigenvalue weighted by molar-refractivity contribution is 5.36. The van der Waals surface area contributed by atoms with Crippen LogP contribution in [0.1, 0.15) is 118 Å². The average Bonchev–Trinajstić information content (AvgIpc) is 2.82. The summed E-state index contributed by atoms with van der Waals surface area (Å²) in [6.45, 7) is 9.60. The minimum Gasteiger partial charge on any atom is -0.0882 e. The fraction of sp³-hybridized carbons (Fsp3) is 0.812. The van der Waals surface area contributed by atoms with E-state index in [1.54, 1.807) is 0 Å². The van der Waals surface area contributed by atoms with Crippen molar-refractivity contribution in [2.45, 2.75) is 118 Å². The Kier molecular flexibility index (Phi) is 8.80. The minimum atomic E-state index is 0.723. The van der Waals surface area contributed by atoms with Gasteiger partial charge in [-0.15, -0.1) is 0 Å². The van der Waals surface area contributed by atoms with Crippen molar-refractivity contribution in [1.82, 2.24) is 0 Å². The van der Waals surface area contributed by atoms with E-state index in [1.165, 1.54) is 89.9 Å². The van der Waals surface area contributed by atoms with Gasteiger partial charge in [-0.05, 0) is 112 Å². The van der Waals surface area contributed by atoms with E-state index in [0.29, 0.717) is 0 Å². The summed E-state index contributed by atoms with van der Waals surface area (Å²) in [5, 5.41) is 0. The second-order valence-electron chi connectivity index (χ2n) is 12.2. The highest BCUT2D eigenvalue weighted by Crippen LogP contribution is 2.55. The number of hydrogen-bond donors (Lipinski definition) is 0. The predicted molar refractivity (Wildman–Crippen MR) is 141 cm³/mol. The van der Waals surface area contributed by atoms with Crippen LogP contribution in [-0.4, -0.2) is 0 Å². The molecule has 0 saturated heterocycles. The molecule has 2 saturated carbocycles. The van der Waals surface area contributed by atoms with Gasteiger partial charge >= 0.3 is 0 Å². The molecule has 0 aromatic heterocycles. The third-order valence-electron chi connectivity index (χ3n) is 9.98. The summed E-state index contributed by atoms with van der Waals surface area (Å²) in [4.78, 5) is 0. The van der Waals surface area contributed by atoms with E-state index in [-0.39, 0.29) is 0 Å². The lowest BCUT2D eigenvalue weighted by molar-refractivity contribution is 0.152. The van der Waals surface area contributed by atoms with Gasteiger partial charge in [0.2, 0.25) is 0 Å². The van der Waals surface area contributed by atoms with Crippen molar-refractivity contribution in [2.75, 3.05) is 0 Å². The van der Waals surface area contributed by atoms with Crippen molar-refractivity contribution < 1.29 is 0 Å². The molecule has 4 rings (SSSR count). The third-order valence-corrected chi connectivity index (χ3v) is 9.98. The Morgan fingerprint density at radius 1 is 0.531 bits per heavy atom. The molecule has 0 heterocycles. The average molecular weight is 437 g/mol. The minimum absolute atomic E-state index is 0.723. The van der Waals surface area contributed by atoms with Crippen LogP contribution in [0.3, 0.4) is 0 Å². The Morgan fingerprint density at radius 3 is 1.31 bits per heavy atom. The summed E-state index contributed by atoms with van der Waals surface area (Å²) >= 11 is 0. The van der Waals surface area contributed by atoms with Crippen molar-refractivity contribution in [3.63, 3.8) is 0 Å². The molecule has 0 aliphatic heterocycles. The Bertz CT molecular complexity index is 606. The molecule has 0 aromatic carbocycles. The first-order valence-corrected chi connectivity index (χ1v) is 14.7. The van der Waals surface area contributed by atoms with Crippen LogP contribution >= 0.6 is 0 Å². The normalized spacial score (nSPS) is 41.4. The first-order valence-electron chi connectivity index (χ1n) is 14.7. The van der Waals surface area contributed by atoms with Crippen molar-refractivity contribution in [1.29, 1.82) is 0 Å². The Balaban J connectivity index is 1.73. The number of hydrogen-bond acceptors (Lipinski definition) is 0. The maximum absolute atomic E-state index is 2.63. The quantitative estimate of drug-likeness (QED) is 0.363. The van der Waals surface area contributed by atoms with E-state index in [0.717, 1.165) is 47.3 Å². The molecular formula is C32H52. The van der Waals surface area contributed by atoms with Crippen molar-refractivity contribution in [3.8, 4) is 0 Å². The van der Waals surface area contributed by atoms with Crippen LogP contribution in [0.4, 0.5) is 0 Å². The molecule has 0 radical (unpaired) electrons. The predicted octanol–water partition coefficient (Wildman–Crippen LogP) is 9.92. The van der Waals surface area contributed by atoms with Crippen LogP contribution < -0.4 is 0 Å². The van der Waals surface area contributed by atoms with Crippen LogP contribution in [0.2, 0.25) is 0 Å². The summed E-state index contributed by atoms with van der Waals surface area (Å²) in [5.74, 6) is 7.15. The molecule has 0 spiro atoms. The second kappa shape index (κ2) is 11.6. The van der Waals surface area contributed by atoms with Gasteiger partial charge in [-0.1, -0.05) is 88.8 Å². The highest BCUT2D eigenvalue weighted by Gasteiger charge is 2.44. The Labute approximate surface area is 200 Å². The van der Waals surface area contributed by atoms with Crippen molar-refractivity contribution in [3.05, 3.63) is 35.5 Å². The maximum atomic E-state index is 2.63. The fourth-order valence-corrected chi connectivity index (χ4v) is 8.10. The van der Waals surface area contributed by atoms with Crippen LogP contribution in [0.15, 0.2) is 35.5 Å².